The van der Waals surface area contributed by atoms with Crippen LogP contribution in [-0.4, -0.2) is 42.5 Å². The summed E-state index contributed by atoms with van der Waals surface area (Å²) in [6.07, 6.45) is 0.129. The molecule has 0 saturated carbocycles. The highest BCUT2D eigenvalue weighted by atomic mass is 31.2. The second-order valence-corrected chi connectivity index (χ2v) is 6.90. The molecule has 2 N–H and O–H groups in total. The first-order valence-electron chi connectivity index (χ1n) is 4.44. The summed E-state index contributed by atoms with van der Waals surface area (Å²) in [5, 5.41) is 3.27. The van der Waals surface area contributed by atoms with Crippen LogP contribution in [0.25, 0.3) is 0 Å². The number of nitrogens with one attached hydrogen (secondary N) is 1. The second kappa shape index (κ2) is 3.70. The number of hydrogen-bond donors (Lipinski definition) is 2. The van der Waals surface area contributed by atoms with Crippen LogP contribution in [0.15, 0.2) is 0 Å². The van der Waals surface area contributed by atoms with Gasteiger partial charge in [0, 0.05) is 18.7 Å². The standard InChI is InChI=1S/C8H18NO3P/c1-8(2)6-12-7(4-9-8)5-13(3,10)11/h7,9H,4-6H2,1-3H3,(H,10,11). The average molecular weight is 207 g/mol. The van der Waals surface area contributed by atoms with E-state index in [1.807, 2.05) is 13.8 Å². The topological polar surface area (TPSA) is 58.6 Å². The smallest absolute Gasteiger partial charge is 0.200 e. The van der Waals surface area contributed by atoms with Crippen LogP contribution in [0.1, 0.15) is 13.8 Å². The molecule has 0 aliphatic carbocycles. The van der Waals surface area contributed by atoms with Gasteiger partial charge in [0.05, 0.1) is 18.9 Å². The summed E-state index contributed by atoms with van der Waals surface area (Å²) in [6, 6.07) is 0. The zero-order chi connectivity index (χ0) is 10.1. The van der Waals surface area contributed by atoms with Crippen molar-refractivity contribution >= 4 is 7.37 Å². The van der Waals surface area contributed by atoms with Crippen LogP contribution in [0.3, 0.4) is 0 Å². The molecule has 2 unspecified atom stereocenters. The van der Waals surface area contributed by atoms with E-state index in [4.69, 9.17) is 9.63 Å². The summed E-state index contributed by atoms with van der Waals surface area (Å²) >= 11 is 0. The van der Waals surface area contributed by atoms with Crippen LogP contribution in [0, 0.1) is 0 Å². The van der Waals surface area contributed by atoms with Gasteiger partial charge in [0.1, 0.15) is 0 Å². The molecule has 1 aliphatic rings. The van der Waals surface area contributed by atoms with E-state index in [-0.39, 0.29) is 17.8 Å². The highest BCUT2D eigenvalue weighted by Gasteiger charge is 2.29. The van der Waals surface area contributed by atoms with Crippen LogP contribution in [0.5, 0.6) is 0 Å². The normalized spacial score (nSPS) is 32.5. The first-order valence-corrected chi connectivity index (χ1v) is 6.74. The molecule has 2 atom stereocenters. The van der Waals surface area contributed by atoms with Crippen LogP contribution >= 0.6 is 7.37 Å². The van der Waals surface area contributed by atoms with Crippen molar-refractivity contribution in [1.82, 2.24) is 5.32 Å². The van der Waals surface area contributed by atoms with Crippen molar-refractivity contribution in [3.8, 4) is 0 Å². The number of morpholine rings is 1. The molecule has 4 nitrogen and oxygen atoms in total. The van der Waals surface area contributed by atoms with Crippen molar-refractivity contribution in [2.75, 3.05) is 26.0 Å². The van der Waals surface area contributed by atoms with Crippen molar-refractivity contribution in [1.29, 1.82) is 0 Å². The van der Waals surface area contributed by atoms with E-state index in [9.17, 15) is 4.57 Å². The number of hydrogen-bond acceptors (Lipinski definition) is 3. The molecule has 1 fully saturated rings. The van der Waals surface area contributed by atoms with Gasteiger partial charge >= 0.3 is 0 Å². The van der Waals surface area contributed by atoms with E-state index in [1.165, 1.54) is 6.66 Å². The Morgan fingerprint density at radius 2 is 2.31 bits per heavy atom. The van der Waals surface area contributed by atoms with Gasteiger partial charge in [-0.25, -0.2) is 0 Å². The lowest BCUT2D eigenvalue weighted by Gasteiger charge is -2.36. The van der Waals surface area contributed by atoms with E-state index >= 15 is 0 Å². The van der Waals surface area contributed by atoms with Crippen LogP contribution in [-0.2, 0) is 9.30 Å². The fourth-order valence-corrected chi connectivity index (χ4v) is 2.31. The SMILES string of the molecule is CC1(C)COC(CP(C)(=O)O)CN1. The van der Waals surface area contributed by atoms with Crippen molar-refractivity contribution in [3.05, 3.63) is 0 Å². The Kier molecular flexibility index (Phi) is 3.18. The largest absolute Gasteiger partial charge is 0.374 e. The first-order chi connectivity index (χ1) is 5.79. The molecule has 0 aromatic carbocycles. The molecule has 0 amide bonds. The molecule has 1 saturated heterocycles. The Balaban J connectivity index is 2.38. The van der Waals surface area contributed by atoms with E-state index in [2.05, 4.69) is 5.32 Å². The van der Waals surface area contributed by atoms with Crippen LogP contribution in [0.4, 0.5) is 0 Å². The maximum absolute atomic E-state index is 11.1. The predicted molar refractivity (Wildman–Crippen MR) is 52.4 cm³/mol. The van der Waals surface area contributed by atoms with Crippen LogP contribution in [0.2, 0.25) is 0 Å². The van der Waals surface area contributed by atoms with Crippen molar-refractivity contribution in [3.63, 3.8) is 0 Å². The molecule has 0 aromatic rings. The van der Waals surface area contributed by atoms with Gasteiger partial charge in [-0.15, -0.1) is 0 Å². The third-order valence-electron chi connectivity index (χ3n) is 2.03. The fraction of sp³-hybridized carbons (Fsp3) is 1.00. The third-order valence-corrected chi connectivity index (χ3v) is 3.12. The lowest BCUT2D eigenvalue weighted by molar-refractivity contribution is -0.0105. The first kappa shape index (κ1) is 11.2. The van der Waals surface area contributed by atoms with E-state index < -0.39 is 7.37 Å². The molecule has 0 bridgehead atoms. The van der Waals surface area contributed by atoms with Gasteiger partial charge in [0.25, 0.3) is 0 Å². The second-order valence-electron chi connectivity index (χ2n) is 4.43. The number of rotatable bonds is 2. The number of ether oxygens (including phenoxy) is 1. The molecule has 0 radical (unpaired) electrons. The lowest BCUT2D eigenvalue weighted by Crippen LogP contribution is -2.54. The molecule has 1 aliphatic heterocycles. The minimum absolute atomic E-state index is 0.0102. The minimum Gasteiger partial charge on any atom is -0.374 e. The van der Waals surface area contributed by atoms with Gasteiger partial charge < -0.3 is 14.9 Å². The minimum atomic E-state index is -2.94. The summed E-state index contributed by atoms with van der Waals surface area (Å²) in [6.45, 7) is 6.72. The zero-order valence-electron chi connectivity index (χ0n) is 8.41. The van der Waals surface area contributed by atoms with Gasteiger partial charge in [0.15, 0.2) is 7.37 Å². The lowest BCUT2D eigenvalue weighted by atomic mass is 10.1. The third kappa shape index (κ3) is 4.23. The monoisotopic (exact) mass is 207 g/mol. The molecule has 1 rings (SSSR count). The Morgan fingerprint density at radius 1 is 1.69 bits per heavy atom. The van der Waals surface area contributed by atoms with Crippen molar-refractivity contribution < 1.29 is 14.2 Å². The Bertz CT molecular complexity index is 213. The van der Waals surface area contributed by atoms with E-state index in [1.54, 1.807) is 0 Å². The van der Waals surface area contributed by atoms with Crippen LogP contribution < -0.4 is 5.32 Å². The van der Waals surface area contributed by atoms with Crippen molar-refractivity contribution in [2.24, 2.45) is 0 Å². The Hall–Kier alpha value is 0.110. The molecular formula is C8H18NO3P. The molecular weight excluding hydrogens is 189 g/mol. The Labute approximate surface area is 79.1 Å². The maximum Gasteiger partial charge on any atom is 0.200 e. The molecule has 0 spiro atoms. The molecule has 1 heterocycles. The zero-order valence-corrected chi connectivity index (χ0v) is 9.30. The van der Waals surface area contributed by atoms with Gasteiger partial charge in [0.2, 0.25) is 0 Å². The average Bonchev–Trinajstić information content (AvgIpc) is 1.91. The van der Waals surface area contributed by atoms with Gasteiger partial charge in [-0.2, -0.15) is 0 Å². The van der Waals surface area contributed by atoms with Crippen molar-refractivity contribution in [2.45, 2.75) is 25.5 Å². The van der Waals surface area contributed by atoms with E-state index in [0.717, 1.165) is 0 Å². The fourth-order valence-electron chi connectivity index (χ4n) is 1.32. The summed E-state index contributed by atoms with van der Waals surface area (Å²) in [4.78, 5) is 9.15. The highest BCUT2D eigenvalue weighted by molar-refractivity contribution is 7.57. The molecule has 5 heteroatoms. The quantitative estimate of drug-likeness (QED) is 0.653. The van der Waals surface area contributed by atoms with E-state index in [0.29, 0.717) is 13.2 Å². The predicted octanol–water partition coefficient (Wildman–Crippen LogP) is 0.654. The summed E-state index contributed by atoms with van der Waals surface area (Å²) in [5.74, 6) is 0. The van der Waals surface area contributed by atoms with Gasteiger partial charge in [-0.05, 0) is 13.8 Å². The van der Waals surface area contributed by atoms with Gasteiger partial charge in [-0.3, -0.25) is 4.57 Å². The maximum atomic E-state index is 11.1. The summed E-state index contributed by atoms with van der Waals surface area (Å²) in [7, 11) is -2.94. The molecule has 78 valence electrons. The molecule has 13 heavy (non-hydrogen) atoms. The Morgan fingerprint density at radius 3 is 2.69 bits per heavy atom. The highest BCUT2D eigenvalue weighted by Crippen LogP contribution is 2.36. The van der Waals surface area contributed by atoms with Gasteiger partial charge in [-0.1, -0.05) is 0 Å². The summed E-state index contributed by atoms with van der Waals surface area (Å²) in [5.41, 5.74) is -0.0102. The summed E-state index contributed by atoms with van der Waals surface area (Å²) < 4.78 is 16.6. The molecule has 0 aromatic heterocycles.